The van der Waals surface area contributed by atoms with Crippen molar-refractivity contribution >= 4 is 15.8 Å². The lowest BCUT2D eigenvalue weighted by atomic mass is 9.92. The molecular weight excluding hydrogens is 324 g/mol. The largest absolute Gasteiger partial charge is 0.356 e. The van der Waals surface area contributed by atoms with Gasteiger partial charge in [-0.2, -0.15) is 4.31 Å². The zero-order valence-corrected chi connectivity index (χ0v) is 15.7. The van der Waals surface area contributed by atoms with E-state index >= 15 is 0 Å². The molecule has 0 unspecified atom stereocenters. The number of pyridine rings is 1. The first kappa shape index (κ1) is 17.6. The van der Waals surface area contributed by atoms with Crippen LogP contribution in [-0.2, 0) is 10.0 Å². The molecule has 0 bridgehead atoms. The Bertz CT molecular complexity index is 644. The Morgan fingerprint density at radius 3 is 2.21 bits per heavy atom. The summed E-state index contributed by atoms with van der Waals surface area (Å²) >= 11 is 0. The van der Waals surface area contributed by atoms with Gasteiger partial charge in [-0.25, -0.2) is 13.4 Å². The lowest BCUT2D eigenvalue weighted by molar-refractivity contribution is 0.222. The number of piperazine rings is 1. The van der Waals surface area contributed by atoms with E-state index in [0.717, 1.165) is 32.0 Å². The van der Waals surface area contributed by atoms with Crippen molar-refractivity contribution in [3.63, 3.8) is 0 Å². The predicted octanol–water partition coefficient (Wildman–Crippen LogP) is 1.50. The van der Waals surface area contributed by atoms with Crippen molar-refractivity contribution in [3.8, 4) is 0 Å². The standard InChI is InChI=1S/C17H28N4O2S/c1-14-10-15(2)13-20(12-14)17-5-4-16(11-18-17)24(22,23)21-8-6-19(3)7-9-21/h4-5,11,14-15H,6-10,12-13H2,1-3H3/t14-,15-/m1/s1. The number of piperidine rings is 1. The molecule has 2 aliphatic rings. The normalized spacial score (nSPS) is 27.4. The van der Waals surface area contributed by atoms with Gasteiger partial charge in [0.25, 0.3) is 0 Å². The molecule has 1 aromatic heterocycles. The number of sulfonamides is 1. The molecule has 0 saturated carbocycles. The van der Waals surface area contributed by atoms with Crippen LogP contribution >= 0.6 is 0 Å². The highest BCUT2D eigenvalue weighted by Gasteiger charge is 2.28. The van der Waals surface area contributed by atoms with Gasteiger partial charge in [-0.05, 0) is 37.4 Å². The summed E-state index contributed by atoms with van der Waals surface area (Å²) in [6, 6.07) is 3.56. The van der Waals surface area contributed by atoms with Gasteiger partial charge in [0.05, 0.1) is 0 Å². The highest BCUT2D eigenvalue weighted by atomic mass is 32.2. The van der Waals surface area contributed by atoms with Gasteiger partial charge in [0.1, 0.15) is 10.7 Å². The quantitative estimate of drug-likeness (QED) is 0.825. The SMILES string of the molecule is C[C@@H]1C[C@@H](C)CN(c2ccc(S(=O)(=O)N3CCN(C)CC3)cn2)C1. The van der Waals surface area contributed by atoms with E-state index in [1.165, 1.54) is 12.6 Å². The van der Waals surface area contributed by atoms with E-state index in [0.29, 0.717) is 29.8 Å². The summed E-state index contributed by atoms with van der Waals surface area (Å²) in [6.07, 6.45) is 2.76. The van der Waals surface area contributed by atoms with Crippen molar-refractivity contribution in [1.82, 2.24) is 14.2 Å². The van der Waals surface area contributed by atoms with E-state index in [1.807, 2.05) is 13.1 Å². The molecule has 3 heterocycles. The zero-order chi connectivity index (χ0) is 17.3. The molecule has 3 rings (SSSR count). The average Bonchev–Trinajstić information content (AvgIpc) is 2.54. The molecule has 1 aromatic rings. The molecule has 2 atom stereocenters. The topological polar surface area (TPSA) is 56.8 Å². The molecule has 24 heavy (non-hydrogen) atoms. The molecule has 2 fully saturated rings. The maximum absolute atomic E-state index is 12.7. The van der Waals surface area contributed by atoms with Crippen LogP contribution in [0, 0.1) is 11.8 Å². The summed E-state index contributed by atoms with van der Waals surface area (Å²) in [6.45, 7) is 9.12. The van der Waals surface area contributed by atoms with Crippen molar-refractivity contribution in [2.45, 2.75) is 25.2 Å². The molecule has 134 valence electrons. The van der Waals surface area contributed by atoms with Crippen LogP contribution in [0.25, 0.3) is 0 Å². The Kier molecular flexibility index (Phi) is 5.13. The molecule has 0 spiro atoms. The van der Waals surface area contributed by atoms with Crippen LogP contribution < -0.4 is 4.90 Å². The lowest BCUT2D eigenvalue weighted by Gasteiger charge is -2.36. The molecule has 2 aliphatic heterocycles. The molecule has 0 aliphatic carbocycles. The fraction of sp³-hybridized carbons (Fsp3) is 0.706. The molecule has 0 radical (unpaired) electrons. The first-order valence-corrected chi connectivity index (χ1v) is 10.2. The fourth-order valence-electron chi connectivity index (χ4n) is 3.74. The highest BCUT2D eigenvalue weighted by molar-refractivity contribution is 7.89. The summed E-state index contributed by atoms with van der Waals surface area (Å²) in [5, 5.41) is 0. The average molecular weight is 353 g/mol. The fourth-order valence-corrected chi connectivity index (χ4v) is 5.11. The lowest BCUT2D eigenvalue weighted by Crippen LogP contribution is -2.47. The van der Waals surface area contributed by atoms with Crippen LogP contribution in [0.5, 0.6) is 0 Å². The van der Waals surface area contributed by atoms with Gasteiger partial charge in [-0.15, -0.1) is 0 Å². The molecule has 7 heteroatoms. The first-order chi connectivity index (χ1) is 11.4. The maximum Gasteiger partial charge on any atom is 0.244 e. The van der Waals surface area contributed by atoms with Crippen molar-refractivity contribution in [2.24, 2.45) is 11.8 Å². The second kappa shape index (κ2) is 6.98. The molecule has 0 amide bonds. The smallest absolute Gasteiger partial charge is 0.244 e. The zero-order valence-electron chi connectivity index (χ0n) is 14.9. The Morgan fingerprint density at radius 2 is 1.67 bits per heavy atom. The summed E-state index contributed by atoms with van der Waals surface area (Å²) in [5.74, 6) is 2.17. The molecular formula is C17H28N4O2S. The Hall–Kier alpha value is -1.18. The van der Waals surface area contributed by atoms with Crippen LogP contribution in [0.4, 0.5) is 5.82 Å². The number of likely N-dealkylation sites (N-methyl/N-ethyl adjacent to an activating group) is 1. The van der Waals surface area contributed by atoms with E-state index in [9.17, 15) is 8.42 Å². The van der Waals surface area contributed by atoms with Crippen LogP contribution in [0.15, 0.2) is 23.2 Å². The Balaban J connectivity index is 1.74. The predicted molar refractivity (Wildman–Crippen MR) is 95.7 cm³/mol. The number of aromatic nitrogens is 1. The van der Waals surface area contributed by atoms with Gasteiger partial charge in [0, 0.05) is 45.5 Å². The summed E-state index contributed by atoms with van der Waals surface area (Å²) in [7, 11) is -1.41. The third-order valence-electron chi connectivity index (χ3n) is 5.01. The van der Waals surface area contributed by atoms with Crippen molar-refractivity contribution in [1.29, 1.82) is 0 Å². The van der Waals surface area contributed by atoms with Crippen LogP contribution in [0.3, 0.4) is 0 Å². The van der Waals surface area contributed by atoms with Gasteiger partial charge in [-0.3, -0.25) is 0 Å². The van der Waals surface area contributed by atoms with E-state index in [4.69, 9.17) is 0 Å². The van der Waals surface area contributed by atoms with Crippen molar-refractivity contribution in [2.75, 3.05) is 51.2 Å². The third kappa shape index (κ3) is 3.73. The Morgan fingerprint density at radius 1 is 1.04 bits per heavy atom. The van der Waals surface area contributed by atoms with E-state index < -0.39 is 10.0 Å². The Labute approximate surface area is 145 Å². The second-order valence-corrected chi connectivity index (χ2v) is 9.35. The molecule has 0 N–H and O–H groups in total. The third-order valence-corrected chi connectivity index (χ3v) is 6.90. The van der Waals surface area contributed by atoms with Crippen molar-refractivity contribution in [3.05, 3.63) is 18.3 Å². The van der Waals surface area contributed by atoms with E-state index in [-0.39, 0.29) is 0 Å². The highest BCUT2D eigenvalue weighted by Crippen LogP contribution is 2.26. The first-order valence-electron chi connectivity index (χ1n) is 8.76. The monoisotopic (exact) mass is 352 g/mol. The van der Waals surface area contributed by atoms with Gasteiger partial charge < -0.3 is 9.80 Å². The maximum atomic E-state index is 12.7. The number of anilines is 1. The van der Waals surface area contributed by atoms with Gasteiger partial charge >= 0.3 is 0 Å². The minimum Gasteiger partial charge on any atom is -0.356 e. The summed E-state index contributed by atoms with van der Waals surface area (Å²) in [5.41, 5.74) is 0. The minimum atomic E-state index is -3.43. The molecule has 2 saturated heterocycles. The number of hydrogen-bond donors (Lipinski definition) is 0. The number of nitrogens with zero attached hydrogens (tertiary/aromatic N) is 4. The van der Waals surface area contributed by atoms with Gasteiger partial charge in [-0.1, -0.05) is 13.8 Å². The van der Waals surface area contributed by atoms with Gasteiger partial charge in [0.15, 0.2) is 0 Å². The van der Waals surface area contributed by atoms with Crippen LogP contribution in [0.2, 0.25) is 0 Å². The molecule has 0 aromatic carbocycles. The van der Waals surface area contributed by atoms with E-state index in [1.54, 1.807) is 10.4 Å². The van der Waals surface area contributed by atoms with Gasteiger partial charge in [0.2, 0.25) is 10.0 Å². The van der Waals surface area contributed by atoms with Crippen LogP contribution in [-0.4, -0.2) is 68.9 Å². The van der Waals surface area contributed by atoms with Crippen LogP contribution in [0.1, 0.15) is 20.3 Å². The number of rotatable bonds is 3. The number of hydrogen-bond acceptors (Lipinski definition) is 5. The van der Waals surface area contributed by atoms with Crippen molar-refractivity contribution < 1.29 is 8.42 Å². The summed E-state index contributed by atoms with van der Waals surface area (Å²) < 4.78 is 27.0. The van der Waals surface area contributed by atoms with E-state index in [2.05, 4.69) is 28.6 Å². The second-order valence-electron chi connectivity index (χ2n) is 7.41. The minimum absolute atomic E-state index is 0.300. The molecule has 6 nitrogen and oxygen atoms in total. The summed E-state index contributed by atoms with van der Waals surface area (Å²) in [4.78, 5) is 9.17.